The molecule has 0 spiro atoms. The normalized spacial score (nSPS) is 12.0. The van der Waals surface area contributed by atoms with E-state index in [1.165, 1.54) is 37.9 Å². The first-order chi connectivity index (χ1) is 12.3. The van der Waals surface area contributed by atoms with Crippen LogP contribution in [0.25, 0.3) is 44.5 Å². The molecule has 0 aromatic heterocycles. The van der Waals surface area contributed by atoms with E-state index in [4.69, 9.17) is 11.6 Å². The van der Waals surface area contributed by atoms with Crippen molar-refractivity contribution in [3.8, 4) is 0 Å². The Kier molecular flexibility index (Phi) is 3.26. The lowest BCUT2D eigenvalue weighted by Gasteiger charge is -2.12. The Balaban J connectivity index is 1.74. The molecule has 0 N–H and O–H groups in total. The van der Waals surface area contributed by atoms with E-state index in [9.17, 15) is 0 Å². The van der Waals surface area contributed by atoms with Gasteiger partial charge in [0, 0.05) is 5.02 Å². The maximum Gasteiger partial charge on any atom is 0.0406 e. The zero-order valence-electron chi connectivity index (χ0n) is 13.5. The Labute approximate surface area is 151 Å². The van der Waals surface area contributed by atoms with Gasteiger partial charge in [0.1, 0.15) is 0 Å². The Morgan fingerprint density at radius 3 is 1.96 bits per heavy atom. The van der Waals surface area contributed by atoms with E-state index in [-0.39, 0.29) is 0 Å². The van der Waals surface area contributed by atoms with Crippen molar-refractivity contribution >= 4 is 56.1 Å². The second kappa shape index (κ2) is 5.61. The highest BCUT2D eigenvalue weighted by Crippen LogP contribution is 2.36. The molecule has 0 saturated carbocycles. The van der Waals surface area contributed by atoms with Crippen LogP contribution < -0.4 is 0 Å². The van der Waals surface area contributed by atoms with Gasteiger partial charge in [-0.1, -0.05) is 90.5 Å². The molecule has 0 aliphatic rings. The van der Waals surface area contributed by atoms with Gasteiger partial charge in [0.2, 0.25) is 0 Å². The summed E-state index contributed by atoms with van der Waals surface area (Å²) in [4.78, 5) is 0. The Morgan fingerprint density at radius 2 is 1.20 bits per heavy atom. The minimum absolute atomic E-state index is 0.764. The van der Waals surface area contributed by atoms with Crippen LogP contribution in [0.3, 0.4) is 0 Å². The van der Waals surface area contributed by atoms with E-state index in [1.54, 1.807) is 0 Å². The van der Waals surface area contributed by atoms with Crippen LogP contribution >= 0.6 is 11.6 Å². The first-order valence-corrected chi connectivity index (χ1v) is 8.78. The van der Waals surface area contributed by atoms with Gasteiger partial charge in [0.25, 0.3) is 0 Å². The second-order valence-electron chi connectivity index (χ2n) is 6.40. The van der Waals surface area contributed by atoms with Gasteiger partial charge in [-0.2, -0.15) is 0 Å². The highest BCUT2D eigenvalue weighted by Gasteiger charge is 2.09. The molecule has 118 valence electrons. The molecule has 0 bridgehead atoms. The quantitative estimate of drug-likeness (QED) is 0.232. The Morgan fingerprint density at radius 1 is 0.560 bits per heavy atom. The fourth-order valence-corrected chi connectivity index (χ4v) is 3.79. The van der Waals surface area contributed by atoms with Gasteiger partial charge in [-0.05, 0) is 55.6 Å². The fourth-order valence-electron chi connectivity index (χ4n) is 3.66. The zero-order valence-corrected chi connectivity index (χ0v) is 14.3. The maximum atomic E-state index is 5.97. The van der Waals surface area contributed by atoms with Crippen LogP contribution in [0.4, 0.5) is 0 Å². The average Bonchev–Trinajstić information content (AvgIpc) is 2.66. The van der Waals surface area contributed by atoms with E-state index in [0.29, 0.717) is 0 Å². The number of rotatable bonds is 2. The van der Waals surface area contributed by atoms with Gasteiger partial charge >= 0.3 is 0 Å². The molecule has 5 rings (SSSR count). The summed E-state index contributed by atoms with van der Waals surface area (Å²) in [6, 6.07) is 27.8. The van der Waals surface area contributed by atoms with Gasteiger partial charge in [-0.25, -0.2) is 0 Å². The molecule has 0 atom stereocenters. The third kappa shape index (κ3) is 2.38. The summed E-state index contributed by atoms with van der Waals surface area (Å²) in [5.74, 6) is 0. The SMILES string of the molecule is Clc1ccc(C=Cc2ccc3ccc4cccc5ccc2c3c45)cc1. The van der Waals surface area contributed by atoms with Crippen LogP contribution in [0, 0.1) is 0 Å². The lowest BCUT2D eigenvalue weighted by atomic mass is 9.92. The van der Waals surface area contributed by atoms with Gasteiger partial charge in [0.15, 0.2) is 0 Å². The van der Waals surface area contributed by atoms with E-state index in [2.05, 4.69) is 66.7 Å². The predicted molar refractivity (Wildman–Crippen MR) is 111 cm³/mol. The van der Waals surface area contributed by atoms with Crippen LogP contribution in [0.1, 0.15) is 11.1 Å². The summed E-state index contributed by atoms with van der Waals surface area (Å²) >= 11 is 5.97. The zero-order chi connectivity index (χ0) is 16.8. The molecule has 0 nitrogen and oxygen atoms in total. The summed E-state index contributed by atoms with van der Waals surface area (Å²) in [5, 5.41) is 8.67. The van der Waals surface area contributed by atoms with Crippen LogP contribution in [0.5, 0.6) is 0 Å². The van der Waals surface area contributed by atoms with E-state index < -0.39 is 0 Å². The van der Waals surface area contributed by atoms with Crippen molar-refractivity contribution in [2.45, 2.75) is 0 Å². The molecule has 0 amide bonds. The first kappa shape index (κ1) is 14.5. The smallest absolute Gasteiger partial charge is 0.0406 e. The maximum absolute atomic E-state index is 5.97. The van der Waals surface area contributed by atoms with Crippen molar-refractivity contribution in [3.63, 3.8) is 0 Å². The fraction of sp³-hybridized carbons (Fsp3) is 0. The number of halogens is 1. The molecule has 0 aliphatic heterocycles. The molecule has 0 radical (unpaired) electrons. The molecule has 1 heteroatoms. The molecule has 5 aromatic rings. The van der Waals surface area contributed by atoms with Gasteiger partial charge in [-0.3, -0.25) is 0 Å². The summed E-state index contributed by atoms with van der Waals surface area (Å²) in [7, 11) is 0. The van der Waals surface area contributed by atoms with Crippen molar-refractivity contribution in [1.29, 1.82) is 0 Å². The lowest BCUT2D eigenvalue weighted by molar-refractivity contribution is 1.66. The topological polar surface area (TPSA) is 0 Å². The van der Waals surface area contributed by atoms with E-state index in [0.717, 1.165) is 10.6 Å². The number of benzene rings is 5. The highest BCUT2D eigenvalue weighted by atomic mass is 35.5. The predicted octanol–water partition coefficient (Wildman–Crippen LogP) is 7.41. The van der Waals surface area contributed by atoms with Gasteiger partial charge < -0.3 is 0 Å². The second-order valence-corrected chi connectivity index (χ2v) is 6.83. The molecular formula is C24H15Cl. The summed E-state index contributed by atoms with van der Waals surface area (Å²) in [6.07, 6.45) is 4.33. The molecule has 0 unspecified atom stereocenters. The minimum atomic E-state index is 0.764. The molecule has 0 saturated heterocycles. The Hall–Kier alpha value is -2.83. The van der Waals surface area contributed by atoms with Crippen LogP contribution in [-0.2, 0) is 0 Å². The van der Waals surface area contributed by atoms with Crippen LogP contribution in [-0.4, -0.2) is 0 Å². The van der Waals surface area contributed by atoms with E-state index in [1.807, 2.05) is 24.3 Å². The highest BCUT2D eigenvalue weighted by molar-refractivity contribution is 6.30. The lowest BCUT2D eigenvalue weighted by Crippen LogP contribution is -1.85. The van der Waals surface area contributed by atoms with Crippen molar-refractivity contribution in [2.75, 3.05) is 0 Å². The minimum Gasteiger partial charge on any atom is -0.0843 e. The van der Waals surface area contributed by atoms with Gasteiger partial charge in [0.05, 0.1) is 0 Å². The third-order valence-corrected chi connectivity index (χ3v) is 5.14. The summed E-state index contributed by atoms with van der Waals surface area (Å²) < 4.78 is 0. The van der Waals surface area contributed by atoms with Gasteiger partial charge in [-0.15, -0.1) is 0 Å². The molecule has 5 aromatic carbocycles. The summed E-state index contributed by atoms with van der Waals surface area (Å²) in [6.45, 7) is 0. The van der Waals surface area contributed by atoms with Crippen LogP contribution in [0.2, 0.25) is 5.02 Å². The molecule has 0 heterocycles. The average molecular weight is 339 g/mol. The molecule has 0 aliphatic carbocycles. The van der Waals surface area contributed by atoms with Crippen molar-refractivity contribution < 1.29 is 0 Å². The summed E-state index contributed by atoms with van der Waals surface area (Å²) in [5.41, 5.74) is 2.38. The molecule has 25 heavy (non-hydrogen) atoms. The third-order valence-electron chi connectivity index (χ3n) is 4.89. The van der Waals surface area contributed by atoms with Crippen molar-refractivity contribution in [3.05, 3.63) is 95.0 Å². The standard InChI is InChI=1S/C24H15Cl/c25-21-13-5-16(6-14-21)4-7-17-8-9-20-11-10-18-2-1-3-19-12-15-22(17)24(20)23(18)19/h1-15H. The largest absolute Gasteiger partial charge is 0.0843 e. The Bertz CT molecular complexity index is 1210. The van der Waals surface area contributed by atoms with Crippen LogP contribution in [0.15, 0.2) is 78.9 Å². The van der Waals surface area contributed by atoms with Crippen molar-refractivity contribution in [1.82, 2.24) is 0 Å². The monoisotopic (exact) mass is 338 g/mol. The number of hydrogen-bond donors (Lipinski definition) is 0. The molecular weight excluding hydrogens is 324 g/mol. The van der Waals surface area contributed by atoms with E-state index >= 15 is 0 Å². The molecule has 0 fully saturated rings. The van der Waals surface area contributed by atoms with Crippen molar-refractivity contribution in [2.24, 2.45) is 0 Å². The first-order valence-electron chi connectivity index (χ1n) is 8.40. The number of hydrogen-bond acceptors (Lipinski definition) is 0.